The Morgan fingerprint density at radius 2 is 2.15 bits per heavy atom. The van der Waals surface area contributed by atoms with Crippen LogP contribution in [0.3, 0.4) is 0 Å². The predicted molar refractivity (Wildman–Crippen MR) is 107 cm³/mol. The second-order valence-corrected chi connectivity index (χ2v) is 6.88. The average Bonchev–Trinajstić information content (AvgIpc) is 3.29. The molecule has 1 aliphatic rings. The van der Waals surface area contributed by atoms with Crippen LogP contribution in [0, 0.1) is 6.92 Å². The zero-order chi connectivity index (χ0) is 18.9. The highest BCUT2D eigenvalue weighted by Gasteiger charge is 2.24. The summed E-state index contributed by atoms with van der Waals surface area (Å²) >= 11 is 0. The number of aromatic nitrogens is 2. The number of hydrogen-bond donors (Lipinski definition) is 2. The van der Waals surface area contributed by atoms with Gasteiger partial charge in [0.25, 0.3) is 0 Å². The Bertz CT molecular complexity index is 714. The van der Waals surface area contributed by atoms with Crippen molar-refractivity contribution in [1.29, 1.82) is 0 Å². The maximum Gasteiger partial charge on any atom is 0.228 e. The van der Waals surface area contributed by atoms with E-state index < -0.39 is 0 Å². The Labute approximate surface area is 161 Å². The van der Waals surface area contributed by atoms with Crippen LogP contribution in [0.25, 0.3) is 0 Å². The van der Waals surface area contributed by atoms with E-state index in [4.69, 9.17) is 9.52 Å². The van der Waals surface area contributed by atoms with Gasteiger partial charge in [-0.05, 0) is 38.8 Å². The van der Waals surface area contributed by atoms with Crippen LogP contribution in [-0.4, -0.2) is 53.2 Å². The van der Waals surface area contributed by atoms with Crippen molar-refractivity contribution < 1.29 is 4.52 Å². The fraction of sp³-hybridized carbons (Fsp3) is 0.550. The standard InChI is InChI=1S/C20H30N6O/c1-3-21-20(22-12-11-19-24-16(2)25-27-19)23-14-18-10-7-13-26(18)15-17-8-5-4-6-9-17/h4-6,8-9,18H,3,7,10-15H2,1-2H3,(H2,21,22,23). The van der Waals surface area contributed by atoms with Crippen LogP contribution in [0.4, 0.5) is 0 Å². The van der Waals surface area contributed by atoms with Crippen LogP contribution in [0.1, 0.15) is 37.0 Å². The monoisotopic (exact) mass is 370 g/mol. The largest absolute Gasteiger partial charge is 0.357 e. The number of likely N-dealkylation sites (tertiary alicyclic amines) is 1. The van der Waals surface area contributed by atoms with Crippen LogP contribution < -0.4 is 10.6 Å². The first-order valence-corrected chi connectivity index (χ1v) is 9.84. The van der Waals surface area contributed by atoms with E-state index in [1.54, 1.807) is 0 Å². The van der Waals surface area contributed by atoms with E-state index in [0.717, 1.165) is 32.1 Å². The van der Waals surface area contributed by atoms with Gasteiger partial charge < -0.3 is 15.2 Å². The van der Waals surface area contributed by atoms with E-state index in [9.17, 15) is 0 Å². The Hall–Kier alpha value is -2.41. The van der Waals surface area contributed by atoms with E-state index in [-0.39, 0.29) is 0 Å². The number of rotatable bonds is 8. The fourth-order valence-corrected chi connectivity index (χ4v) is 3.40. The van der Waals surface area contributed by atoms with Crippen molar-refractivity contribution in [1.82, 2.24) is 25.7 Å². The number of hydrogen-bond acceptors (Lipinski definition) is 5. The Morgan fingerprint density at radius 3 is 2.89 bits per heavy atom. The smallest absolute Gasteiger partial charge is 0.228 e. The molecule has 1 fully saturated rings. The van der Waals surface area contributed by atoms with Crippen LogP contribution in [0.15, 0.2) is 39.8 Å². The second-order valence-electron chi connectivity index (χ2n) is 6.88. The van der Waals surface area contributed by atoms with Gasteiger partial charge in [0.15, 0.2) is 11.8 Å². The molecule has 2 aromatic rings. The van der Waals surface area contributed by atoms with E-state index >= 15 is 0 Å². The van der Waals surface area contributed by atoms with Crippen molar-refractivity contribution in [3.8, 4) is 0 Å². The molecule has 0 bridgehead atoms. The molecule has 1 unspecified atom stereocenters. The molecule has 0 amide bonds. The lowest BCUT2D eigenvalue weighted by Gasteiger charge is -2.23. The van der Waals surface area contributed by atoms with Gasteiger partial charge in [0.2, 0.25) is 5.89 Å². The SMILES string of the molecule is CCNC(=NCC1CCCN1Cc1ccccc1)NCCc1nc(C)no1. The Balaban J connectivity index is 1.50. The van der Waals surface area contributed by atoms with Gasteiger partial charge in [0, 0.05) is 32.1 Å². The lowest BCUT2D eigenvalue weighted by atomic mass is 10.2. The number of nitrogens with zero attached hydrogens (tertiary/aromatic N) is 4. The highest BCUT2D eigenvalue weighted by molar-refractivity contribution is 5.79. The second kappa shape index (κ2) is 10.1. The number of aryl methyl sites for hydroxylation is 1. The van der Waals surface area contributed by atoms with Crippen molar-refractivity contribution in [2.24, 2.45) is 4.99 Å². The zero-order valence-corrected chi connectivity index (χ0v) is 16.3. The molecule has 27 heavy (non-hydrogen) atoms. The molecule has 2 heterocycles. The number of nitrogens with one attached hydrogen (secondary N) is 2. The summed E-state index contributed by atoms with van der Waals surface area (Å²) in [5, 5.41) is 10.5. The number of guanidine groups is 1. The van der Waals surface area contributed by atoms with E-state index in [2.05, 4.69) is 62.9 Å². The number of aliphatic imine (C=N–C) groups is 1. The highest BCUT2D eigenvalue weighted by atomic mass is 16.5. The van der Waals surface area contributed by atoms with Crippen LogP contribution in [0.2, 0.25) is 0 Å². The van der Waals surface area contributed by atoms with Gasteiger partial charge in [-0.1, -0.05) is 35.5 Å². The summed E-state index contributed by atoms with van der Waals surface area (Å²) in [7, 11) is 0. The summed E-state index contributed by atoms with van der Waals surface area (Å²) in [5.41, 5.74) is 1.37. The van der Waals surface area contributed by atoms with Crippen molar-refractivity contribution in [3.63, 3.8) is 0 Å². The van der Waals surface area contributed by atoms with Gasteiger partial charge in [-0.3, -0.25) is 9.89 Å². The van der Waals surface area contributed by atoms with Crippen molar-refractivity contribution in [2.45, 2.75) is 45.7 Å². The lowest BCUT2D eigenvalue weighted by molar-refractivity contribution is 0.250. The van der Waals surface area contributed by atoms with E-state index in [1.165, 1.54) is 18.4 Å². The summed E-state index contributed by atoms with van der Waals surface area (Å²) in [6, 6.07) is 11.2. The van der Waals surface area contributed by atoms with Gasteiger partial charge in [-0.15, -0.1) is 0 Å². The molecule has 1 aliphatic heterocycles. The molecule has 7 heteroatoms. The van der Waals surface area contributed by atoms with Crippen molar-refractivity contribution in [2.75, 3.05) is 26.2 Å². The van der Waals surface area contributed by atoms with Crippen LogP contribution in [0.5, 0.6) is 0 Å². The molecule has 1 atom stereocenters. The molecule has 146 valence electrons. The predicted octanol–water partition coefficient (Wildman–Crippen LogP) is 2.14. The molecule has 1 aromatic heterocycles. The minimum atomic E-state index is 0.499. The topological polar surface area (TPSA) is 78.6 Å². The maximum atomic E-state index is 5.15. The molecule has 3 rings (SSSR count). The van der Waals surface area contributed by atoms with Crippen molar-refractivity contribution >= 4 is 5.96 Å². The third-order valence-corrected chi connectivity index (χ3v) is 4.73. The van der Waals surface area contributed by atoms with E-state index in [1.807, 2.05) is 6.92 Å². The number of benzene rings is 1. The Morgan fingerprint density at radius 1 is 1.30 bits per heavy atom. The first-order valence-electron chi connectivity index (χ1n) is 9.84. The first kappa shape index (κ1) is 19.4. The van der Waals surface area contributed by atoms with Crippen molar-refractivity contribution in [3.05, 3.63) is 47.6 Å². The fourth-order valence-electron chi connectivity index (χ4n) is 3.40. The summed E-state index contributed by atoms with van der Waals surface area (Å²) in [6.45, 7) is 8.42. The minimum absolute atomic E-state index is 0.499. The molecule has 1 aromatic carbocycles. The van der Waals surface area contributed by atoms with Crippen LogP contribution in [-0.2, 0) is 13.0 Å². The van der Waals surface area contributed by atoms with Gasteiger partial charge in [-0.25, -0.2) is 0 Å². The quantitative estimate of drug-likeness (QED) is 0.548. The molecule has 1 saturated heterocycles. The molecule has 0 saturated carbocycles. The zero-order valence-electron chi connectivity index (χ0n) is 16.3. The highest BCUT2D eigenvalue weighted by Crippen LogP contribution is 2.20. The summed E-state index contributed by atoms with van der Waals surface area (Å²) in [4.78, 5) is 11.6. The van der Waals surface area contributed by atoms with Gasteiger partial charge in [-0.2, -0.15) is 4.98 Å². The summed E-state index contributed by atoms with van der Waals surface area (Å²) < 4.78 is 5.15. The normalized spacial score (nSPS) is 18.0. The summed E-state index contributed by atoms with van der Waals surface area (Å²) in [5.74, 6) is 2.17. The maximum absolute atomic E-state index is 5.15. The first-order chi connectivity index (χ1) is 13.2. The van der Waals surface area contributed by atoms with E-state index in [0.29, 0.717) is 30.7 Å². The lowest BCUT2D eigenvalue weighted by Crippen LogP contribution is -2.40. The van der Waals surface area contributed by atoms with Gasteiger partial charge in [0.1, 0.15) is 0 Å². The molecule has 0 spiro atoms. The molecule has 0 radical (unpaired) electrons. The molecular formula is C20H30N6O. The molecule has 2 N–H and O–H groups in total. The molecule has 0 aliphatic carbocycles. The van der Waals surface area contributed by atoms with Gasteiger partial charge >= 0.3 is 0 Å². The Kier molecular flexibility index (Phi) is 7.21. The summed E-state index contributed by atoms with van der Waals surface area (Å²) in [6.07, 6.45) is 3.14. The third kappa shape index (κ3) is 6.06. The molecule has 7 nitrogen and oxygen atoms in total. The third-order valence-electron chi connectivity index (χ3n) is 4.73. The van der Waals surface area contributed by atoms with Crippen LogP contribution >= 0.6 is 0 Å². The average molecular weight is 371 g/mol. The van der Waals surface area contributed by atoms with Gasteiger partial charge in [0.05, 0.1) is 6.54 Å². The molecular weight excluding hydrogens is 340 g/mol. The minimum Gasteiger partial charge on any atom is -0.357 e.